The highest BCUT2D eigenvalue weighted by Gasteiger charge is 2.27. The van der Waals surface area contributed by atoms with Crippen molar-refractivity contribution in [2.24, 2.45) is 5.92 Å². The number of methoxy groups -OCH3 is 1. The lowest BCUT2D eigenvalue weighted by Crippen LogP contribution is -2.63. The van der Waals surface area contributed by atoms with Crippen LogP contribution in [0.15, 0.2) is 0 Å². The highest BCUT2D eigenvalue weighted by Crippen LogP contribution is 2.17. The second-order valence-electron chi connectivity index (χ2n) is 6.75. The summed E-state index contributed by atoms with van der Waals surface area (Å²) in [6.07, 6.45) is -2.27. The maximum atomic E-state index is 11.1. The van der Waals surface area contributed by atoms with Crippen LogP contribution in [0.25, 0.3) is 0 Å². The minimum Gasteiger partial charge on any atom is -0.469 e. The molecule has 0 aliphatic rings. The van der Waals surface area contributed by atoms with Crippen LogP contribution in [-0.2, 0) is 14.3 Å². The van der Waals surface area contributed by atoms with Crippen LogP contribution in [0.1, 0.15) is 34.6 Å². The van der Waals surface area contributed by atoms with Crippen LogP contribution < -0.4 is 0 Å². The quantitative estimate of drug-likeness (QED) is 0.396. The number of hydrogen-bond donors (Lipinski definition) is 0. The van der Waals surface area contributed by atoms with Crippen LogP contribution in [0.3, 0.4) is 0 Å². The van der Waals surface area contributed by atoms with E-state index in [1.165, 1.54) is 14.2 Å². The van der Waals surface area contributed by atoms with Gasteiger partial charge in [0.1, 0.15) is 0 Å². The fraction of sp³-hybridized carbons (Fsp3) is 0.900. The summed E-state index contributed by atoms with van der Waals surface area (Å²) in [5, 5.41) is 0. The SMILES string of the molecule is COC(=O)[C@H](C)C(C)OC(C)(C)C.[B][B]B([B])B(B([B])[B])B([B])[B]. The lowest BCUT2D eigenvalue weighted by atomic mass is 8.56. The number of rotatable bonds is 7. The van der Waals surface area contributed by atoms with E-state index in [0.29, 0.717) is 0 Å². The van der Waals surface area contributed by atoms with Crippen LogP contribution >= 0.6 is 0 Å². The summed E-state index contributed by atoms with van der Waals surface area (Å²) < 4.78 is 10.3. The van der Waals surface area contributed by atoms with Gasteiger partial charge in [0.05, 0.1) is 24.7 Å². The molecule has 0 N–H and O–H groups in total. The molecule has 0 spiro atoms. The summed E-state index contributed by atoms with van der Waals surface area (Å²) >= 11 is 0. The first-order valence-corrected chi connectivity index (χ1v) is 7.87. The molecule has 0 amide bonds. The van der Waals surface area contributed by atoms with Crippen LogP contribution in [0.4, 0.5) is 0 Å². The third kappa shape index (κ3) is 11.7. The zero-order valence-electron chi connectivity index (χ0n) is 15.7. The Kier molecular flexibility index (Phi) is 13.7. The topological polar surface area (TPSA) is 35.5 Å². The summed E-state index contributed by atoms with van der Waals surface area (Å²) in [6, 6.07) is 0. The van der Waals surface area contributed by atoms with Crippen molar-refractivity contribution in [2.75, 3.05) is 7.11 Å². The van der Waals surface area contributed by atoms with E-state index in [4.69, 9.17) is 51.2 Å². The van der Waals surface area contributed by atoms with Crippen molar-refractivity contribution in [2.45, 2.75) is 46.3 Å². The Morgan fingerprint density at radius 2 is 1.46 bits per heavy atom. The van der Waals surface area contributed by atoms with Gasteiger partial charge >= 0.3 is 5.97 Å². The minimum absolute atomic E-state index is 0.118. The second-order valence-corrected chi connectivity index (χ2v) is 6.75. The van der Waals surface area contributed by atoms with Gasteiger partial charge in [-0.3, -0.25) is 4.79 Å². The van der Waals surface area contributed by atoms with E-state index in [-0.39, 0.29) is 30.0 Å². The molecule has 0 saturated heterocycles. The number of carbonyl (C=O) groups is 1. The molecule has 1 unspecified atom stereocenters. The van der Waals surface area contributed by atoms with Gasteiger partial charge in [-0.15, -0.1) is 0 Å². The number of ether oxygens (including phenoxy) is 2. The maximum absolute atomic E-state index is 11.1. The lowest BCUT2D eigenvalue weighted by molar-refractivity contribution is -0.154. The smallest absolute Gasteiger partial charge is 0.311 e. The number of carbonyl (C=O) groups excluding carboxylic acids is 1. The molecule has 13 radical (unpaired) electrons. The van der Waals surface area contributed by atoms with Crippen molar-refractivity contribution >= 4 is 85.0 Å². The molecule has 0 heterocycles. The number of esters is 1. The van der Waals surface area contributed by atoms with Gasteiger partial charge in [-0.1, -0.05) is 0 Å². The first-order valence-electron chi connectivity index (χ1n) is 7.87. The van der Waals surface area contributed by atoms with Gasteiger partial charge < -0.3 is 9.47 Å². The van der Waals surface area contributed by atoms with Crippen LogP contribution in [0, 0.1) is 5.92 Å². The Morgan fingerprint density at radius 1 is 1.04 bits per heavy atom. The third-order valence-electron chi connectivity index (χ3n) is 3.37. The molecule has 111 valence electrons. The first-order chi connectivity index (χ1) is 10.8. The maximum Gasteiger partial charge on any atom is 0.311 e. The lowest BCUT2D eigenvalue weighted by Gasteiger charge is -2.27. The highest BCUT2D eigenvalue weighted by atomic mass is 16.5. The third-order valence-corrected chi connectivity index (χ3v) is 3.37. The summed E-state index contributed by atoms with van der Waals surface area (Å²) in [4.78, 5) is 11.1. The van der Waals surface area contributed by atoms with Crippen LogP contribution in [-0.4, -0.2) is 104 Å². The summed E-state index contributed by atoms with van der Waals surface area (Å²) in [7, 11) is 34.9. The van der Waals surface area contributed by atoms with Crippen molar-refractivity contribution < 1.29 is 14.3 Å². The molecule has 0 fully saturated rings. The number of hydrogen-bond acceptors (Lipinski definition) is 3. The van der Waals surface area contributed by atoms with Gasteiger partial charge in [-0.05, 0) is 34.6 Å². The van der Waals surface area contributed by atoms with E-state index in [1.54, 1.807) is 0 Å². The van der Waals surface area contributed by atoms with Gasteiger partial charge in [0.25, 0.3) is 0 Å². The second kappa shape index (κ2) is 12.5. The fourth-order valence-electron chi connectivity index (χ4n) is 1.94. The average Bonchev–Trinajstić information content (AvgIpc) is 2.43. The molecule has 0 bridgehead atoms. The average molecular weight is 307 g/mol. The monoisotopic (exact) mass is 309 g/mol. The molecule has 0 saturated carbocycles. The molecule has 2 atom stereocenters. The zero-order chi connectivity index (χ0) is 19.7. The van der Waals surface area contributed by atoms with Gasteiger partial charge in [-0.2, -0.15) is 0 Å². The van der Waals surface area contributed by atoms with E-state index in [0.717, 1.165) is 0 Å². The van der Waals surface area contributed by atoms with Crippen LogP contribution in [0.5, 0.6) is 0 Å². The van der Waals surface area contributed by atoms with E-state index < -0.39 is 19.2 Å². The molecule has 0 aromatic carbocycles. The summed E-state index contributed by atoms with van der Waals surface area (Å²) in [6.45, 7) is 9.59. The molecule has 0 aliphatic carbocycles. The first kappa shape index (κ1) is 26.4. The van der Waals surface area contributed by atoms with Crippen molar-refractivity contribution in [1.82, 2.24) is 0 Å². The molecule has 14 heteroatoms. The Balaban J connectivity index is 0. The molecular formula is C10H20B11O3. The summed E-state index contributed by atoms with van der Waals surface area (Å²) in [5.74, 6) is -0.444. The van der Waals surface area contributed by atoms with E-state index in [2.05, 4.69) is 4.74 Å². The Morgan fingerprint density at radius 3 is 1.67 bits per heavy atom. The molecule has 24 heavy (non-hydrogen) atoms. The normalized spacial score (nSPS) is 12.8. The van der Waals surface area contributed by atoms with Gasteiger partial charge in [0.2, 0.25) is 0 Å². The molecule has 0 aromatic rings. The minimum atomic E-state index is -0.648. The summed E-state index contributed by atoms with van der Waals surface area (Å²) in [5.41, 5.74) is -0.221. The Labute approximate surface area is 158 Å². The molecular weight excluding hydrogens is 287 g/mol. The van der Waals surface area contributed by atoms with Crippen molar-refractivity contribution in [1.29, 1.82) is 0 Å². The highest BCUT2D eigenvalue weighted by molar-refractivity contribution is 8.01. The van der Waals surface area contributed by atoms with E-state index >= 15 is 0 Å². The standard InChI is InChI=1S/C10H20O3.B11/c1-7(9(11)12-6)8(2)13-10(3,4)5;1-7-10(6)11(8(2)3)9(4)5/h7-8H,1-6H3;/t7-,8?;/m1./s1. The Hall–Kier alpha value is 0.144. The van der Waals surface area contributed by atoms with Gasteiger partial charge in [0.15, 0.2) is 0 Å². The molecule has 0 rings (SSSR count). The van der Waals surface area contributed by atoms with Gasteiger partial charge in [0, 0.05) is 79.0 Å². The Bertz CT molecular complexity index is 341. The zero-order valence-corrected chi connectivity index (χ0v) is 15.7. The van der Waals surface area contributed by atoms with Gasteiger partial charge in [-0.25, -0.2) is 0 Å². The predicted molar refractivity (Wildman–Crippen MR) is 115 cm³/mol. The largest absolute Gasteiger partial charge is 0.469 e. The van der Waals surface area contributed by atoms with E-state index in [1.807, 2.05) is 34.6 Å². The van der Waals surface area contributed by atoms with Crippen molar-refractivity contribution in [3.05, 3.63) is 0 Å². The van der Waals surface area contributed by atoms with E-state index in [9.17, 15) is 4.79 Å². The molecule has 3 nitrogen and oxygen atoms in total. The molecule has 0 aliphatic heterocycles. The van der Waals surface area contributed by atoms with Crippen LogP contribution in [0.2, 0.25) is 0 Å². The fourth-order valence-corrected chi connectivity index (χ4v) is 1.94. The van der Waals surface area contributed by atoms with Crippen molar-refractivity contribution in [3.8, 4) is 0 Å². The predicted octanol–water partition coefficient (Wildman–Crippen LogP) is -2.19. The van der Waals surface area contributed by atoms with Crippen molar-refractivity contribution in [3.63, 3.8) is 0 Å². The molecule has 0 aromatic heterocycles.